The zero-order valence-electron chi connectivity index (χ0n) is 17.7. The number of para-hydroxylation sites is 1. The normalized spacial score (nSPS) is 11.2. The van der Waals surface area contributed by atoms with Gasteiger partial charge in [-0.15, -0.1) is 0 Å². The second-order valence-electron chi connectivity index (χ2n) is 7.34. The lowest BCUT2D eigenvalue weighted by Gasteiger charge is -2.10. The van der Waals surface area contributed by atoms with Gasteiger partial charge in [0.25, 0.3) is 15.9 Å². The molecule has 0 aliphatic rings. The van der Waals surface area contributed by atoms with E-state index in [0.29, 0.717) is 12.1 Å². The van der Waals surface area contributed by atoms with E-state index in [9.17, 15) is 17.6 Å². The number of fused-ring (bicyclic) bond motifs is 1. The van der Waals surface area contributed by atoms with Gasteiger partial charge in [0, 0.05) is 12.1 Å². The van der Waals surface area contributed by atoms with E-state index in [1.54, 1.807) is 7.11 Å². The van der Waals surface area contributed by atoms with E-state index in [4.69, 9.17) is 4.74 Å². The van der Waals surface area contributed by atoms with Gasteiger partial charge in [0.05, 0.1) is 17.7 Å². The fourth-order valence-corrected chi connectivity index (χ4v) is 4.40. The lowest BCUT2D eigenvalue weighted by Crippen LogP contribution is -2.23. The zero-order valence-corrected chi connectivity index (χ0v) is 18.5. The minimum atomic E-state index is -3.99. The number of carbonyl (C=O) groups is 1. The van der Waals surface area contributed by atoms with Gasteiger partial charge >= 0.3 is 0 Å². The maximum absolute atomic E-state index is 13.8. The smallest absolute Gasteiger partial charge is 0.261 e. The van der Waals surface area contributed by atoms with Gasteiger partial charge in [-0.1, -0.05) is 30.3 Å². The summed E-state index contributed by atoms with van der Waals surface area (Å²) in [5, 5.41) is 4.89. The van der Waals surface area contributed by atoms with Crippen LogP contribution in [0.1, 0.15) is 15.9 Å². The van der Waals surface area contributed by atoms with E-state index in [2.05, 4.69) is 10.0 Å². The first-order chi connectivity index (χ1) is 15.9. The maximum Gasteiger partial charge on any atom is 0.261 e. The number of halogens is 1. The molecule has 2 N–H and O–H groups in total. The lowest BCUT2D eigenvalue weighted by molar-refractivity contribution is 0.0951. The summed E-state index contributed by atoms with van der Waals surface area (Å²) >= 11 is 0. The van der Waals surface area contributed by atoms with E-state index < -0.39 is 15.8 Å². The molecular formula is C25H21FN2O4S. The van der Waals surface area contributed by atoms with Gasteiger partial charge in [-0.05, 0) is 70.9 Å². The van der Waals surface area contributed by atoms with Crippen molar-refractivity contribution in [3.05, 3.63) is 102 Å². The number of hydrogen-bond acceptors (Lipinski definition) is 4. The van der Waals surface area contributed by atoms with Crippen molar-refractivity contribution in [1.82, 2.24) is 5.32 Å². The van der Waals surface area contributed by atoms with Gasteiger partial charge < -0.3 is 10.1 Å². The molecule has 1 amide bonds. The van der Waals surface area contributed by atoms with Gasteiger partial charge in [0.2, 0.25) is 0 Å². The van der Waals surface area contributed by atoms with Crippen molar-refractivity contribution in [3.8, 4) is 5.75 Å². The zero-order chi connectivity index (χ0) is 23.4. The van der Waals surface area contributed by atoms with Crippen molar-refractivity contribution in [2.24, 2.45) is 0 Å². The maximum atomic E-state index is 13.8. The van der Waals surface area contributed by atoms with Crippen LogP contribution in [0, 0.1) is 5.82 Å². The molecule has 0 aromatic heterocycles. The van der Waals surface area contributed by atoms with Gasteiger partial charge in [-0.2, -0.15) is 0 Å². The molecule has 6 nitrogen and oxygen atoms in total. The monoisotopic (exact) mass is 464 g/mol. The number of ether oxygens (including phenoxy) is 1. The average Bonchev–Trinajstić information content (AvgIpc) is 2.83. The predicted molar refractivity (Wildman–Crippen MR) is 125 cm³/mol. The minimum absolute atomic E-state index is 0.0766. The first-order valence-electron chi connectivity index (χ1n) is 10.1. The molecule has 0 heterocycles. The Morgan fingerprint density at radius 3 is 2.33 bits per heavy atom. The van der Waals surface area contributed by atoms with Crippen molar-refractivity contribution < 1.29 is 22.3 Å². The van der Waals surface area contributed by atoms with E-state index in [1.807, 2.05) is 36.4 Å². The third kappa shape index (κ3) is 5.12. The molecule has 33 heavy (non-hydrogen) atoms. The van der Waals surface area contributed by atoms with Crippen molar-refractivity contribution in [3.63, 3.8) is 0 Å². The van der Waals surface area contributed by atoms with E-state index in [1.165, 1.54) is 42.5 Å². The summed E-state index contributed by atoms with van der Waals surface area (Å²) in [6, 6.07) is 22.6. The van der Waals surface area contributed by atoms with Crippen molar-refractivity contribution in [2.45, 2.75) is 11.4 Å². The Bertz CT molecular complexity index is 1420. The molecule has 0 saturated carbocycles. The minimum Gasteiger partial charge on any atom is -0.497 e. The summed E-state index contributed by atoms with van der Waals surface area (Å²) in [7, 11) is -2.37. The fourth-order valence-electron chi connectivity index (χ4n) is 3.33. The third-order valence-electron chi connectivity index (χ3n) is 5.11. The Kier molecular flexibility index (Phi) is 6.28. The Balaban J connectivity index is 1.42. The first kappa shape index (κ1) is 22.3. The molecule has 168 valence electrons. The molecule has 0 fully saturated rings. The Morgan fingerprint density at radius 2 is 1.61 bits per heavy atom. The van der Waals surface area contributed by atoms with Gasteiger partial charge in [0.15, 0.2) is 0 Å². The SMILES string of the molecule is COc1ccc2cc(CNC(=O)c3ccc(S(=O)(=O)Nc4ccccc4F)cc3)ccc2c1. The Hall–Kier alpha value is -3.91. The molecule has 0 aliphatic carbocycles. The quantitative estimate of drug-likeness (QED) is 0.415. The van der Waals surface area contributed by atoms with Crippen LogP contribution in [0.25, 0.3) is 10.8 Å². The number of methoxy groups -OCH3 is 1. The number of benzene rings is 4. The second-order valence-corrected chi connectivity index (χ2v) is 9.02. The molecule has 4 rings (SSSR count). The summed E-state index contributed by atoms with van der Waals surface area (Å²) in [5.74, 6) is -0.237. The van der Waals surface area contributed by atoms with Crippen LogP contribution in [0.2, 0.25) is 0 Å². The summed E-state index contributed by atoms with van der Waals surface area (Å²) in [5.41, 5.74) is 1.09. The summed E-state index contributed by atoms with van der Waals surface area (Å²) in [6.45, 7) is 0.315. The van der Waals surface area contributed by atoms with E-state index in [0.717, 1.165) is 28.2 Å². The van der Waals surface area contributed by atoms with Crippen LogP contribution < -0.4 is 14.8 Å². The second kappa shape index (κ2) is 9.30. The van der Waals surface area contributed by atoms with Crippen LogP contribution in [-0.2, 0) is 16.6 Å². The average molecular weight is 465 g/mol. The lowest BCUT2D eigenvalue weighted by atomic mass is 10.1. The summed E-state index contributed by atoms with van der Waals surface area (Å²) in [4.78, 5) is 12.4. The van der Waals surface area contributed by atoms with Crippen LogP contribution >= 0.6 is 0 Å². The molecule has 0 radical (unpaired) electrons. The number of carbonyl (C=O) groups excluding carboxylic acids is 1. The highest BCUT2D eigenvalue weighted by atomic mass is 32.2. The predicted octanol–water partition coefficient (Wildman–Crippen LogP) is 4.72. The molecule has 0 saturated heterocycles. The van der Waals surface area contributed by atoms with E-state index >= 15 is 0 Å². The highest BCUT2D eigenvalue weighted by molar-refractivity contribution is 7.92. The summed E-state index contributed by atoms with van der Waals surface area (Å²) in [6.07, 6.45) is 0. The van der Waals surface area contributed by atoms with Gasteiger partial charge in [-0.25, -0.2) is 12.8 Å². The van der Waals surface area contributed by atoms with Crippen LogP contribution in [0.3, 0.4) is 0 Å². The summed E-state index contributed by atoms with van der Waals surface area (Å²) < 4.78 is 46.2. The van der Waals surface area contributed by atoms with Crippen LogP contribution in [-0.4, -0.2) is 21.4 Å². The topological polar surface area (TPSA) is 84.5 Å². The molecular weight excluding hydrogens is 443 g/mol. The van der Waals surface area contributed by atoms with E-state index in [-0.39, 0.29) is 16.5 Å². The molecule has 0 unspecified atom stereocenters. The Labute approximate surface area is 191 Å². The van der Waals surface area contributed by atoms with Crippen LogP contribution in [0.15, 0.2) is 89.8 Å². The molecule has 0 atom stereocenters. The largest absolute Gasteiger partial charge is 0.497 e. The van der Waals surface area contributed by atoms with Crippen molar-refractivity contribution in [2.75, 3.05) is 11.8 Å². The standard InChI is InChI=1S/C25H21FN2O4S/c1-32-21-11-8-19-14-17(6-7-20(19)15-21)16-27-25(29)18-9-12-22(13-10-18)33(30,31)28-24-5-3-2-4-23(24)26/h2-15,28H,16H2,1H3,(H,27,29). The van der Waals surface area contributed by atoms with Crippen LogP contribution in [0.5, 0.6) is 5.75 Å². The number of anilines is 1. The molecule has 8 heteroatoms. The number of sulfonamides is 1. The highest BCUT2D eigenvalue weighted by Gasteiger charge is 2.17. The first-order valence-corrected chi connectivity index (χ1v) is 11.6. The third-order valence-corrected chi connectivity index (χ3v) is 6.49. The molecule has 0 spiro atoms. The number of hydrogen-bond donors (Lipinski definition) is 2. The van der Waals surface area contributed by atoms with Crippen molar-refractivity contribution in [1.29, 1.82) is 0 Å². The Morgan fingerprint density at radius 1 is 0.909 bits per heavy atom. The molecule has 0 aliphatic heterocycles. The number of rotatable bonds is 7. The number of nitrogens with one attached hydrogen (secondary N) is 2. The number of amides is 1. The fraction of sp³-hybridized carbons (Fsp3) is 0.0800. The van der Waals surface area contributed by atoms with Gasteiger partial charge in [0.1, 0.15) is 11.6 Å². The highest BCUT2D eigenvalue weighted by Crippen LogP contribution is 2.22. The van der Waals surface area contributed by atoms with Gasteiger partial charge in [-0.3, -0.25) is 9.52 Å². The van der Waals surface area contributed by atoms with Crippen LogP contribution in [0.4, 0.5) is 10.1 Å². The molecule has 4 aromatic rings. The molecule has 0 bridgehead atoms. The van der Waals surface area contributed by atoms with Crippen molar-refractivity contribution >= 4 is 32.4 Å². The molecule has 4 aromatic carbocycles.